The highest BCUT2D eigenvalue weighted by atomic mass is 16.3. The zero-order valence-corrected chi connectivity index (χ0v) is 13.0. The molecule has 3 aliphatic carbocycles. The number of aliphatic hydroxyl groups is 1. The predicted molar refractivity (Wildman–Crippen MR) is 83.3 cm³/mol. The van der Waals surface area contributed by atoms with Crippen LogP contribution in [-0.2, 0) is 6.42 Å². The van der Waals surface area contributed by atoms with Crippen molar-refractivity contribution >= 4 is 0 Å². The van der Waals surface area contributed by atoms with Gasteiger partial charge in [0.2, 0.25) is 0 Å². The van der Waals surface area contributed by atoms with Gasteiger partial charge in [-0.25, -0.2) is 0 Å². The maximum absolute atomic E-state index is 10.5. The molecular formula is C19H26O2. The van der Waals surface area contributed by atoms with E-state index in [0.29, 0.717) is 29.4 Å². The van der Waals surface area contributed by atoms with E-state index in [1.54, 1.807) is 0 Å². The third kappa shape index (κ3) is 1.81. The first kappa shape index (κ1) is 13.6. The molecule has 3 aliphatic rings. The lowest BCUT2D eigenvalue weighted by atomic mass is 9.53. The fraction of sp³-hybridized carbons (Fsp3) is 0.684. The Morgan fingerprint density at radius 3 is 2.81 bits per heavy atom. The van der Waals surface area contributed by atoms with Gasteiger partial charge in [-0.1, -0.05) is 19.9 Å². The molecule has 4 rings (SSSR count). The van der Waals surface area contributed by atoms with Gasteiger partial charge in [0.15, 0.2) is 0 Å². The van der Waals surface area contributed by atoms with Crippen molar-refractivity contribution in [3.63, 3.8) is 0 Å². The Morgan fingerprint density at radius 2 is 2.00 bits per heavy atom. The summed E-state index contributed by atoms with van der Waals surface area (Å²) in [5.41, 5.74) is 2.97. The normalized spacial score (nSPS) is 44.8. The lowest BCUT2D eigenvalue weighted by Crippen LogP contribution is -2.46. The molecule has 2 heteroatoms. The van der Waals surface area contributed by atoms with Gasteiger partial charge in [-0.05, 0) is 84.5 Å². The average molecular weight is 286 g/mol. The van der Waals surface area contributed by atoms with Crippen LogP contribution in [-0.4, -0.2) is 16.3 Å². The SMILES string of the molecule is C[C@@H]1Cc2cc(O)ccc2C2CCC3(C)C(O)CCC3C21. The van der Waals surface area contributed by atoms with Crippen molar-refractivity contribution in [2.75, 3.05) is 0 Å². The van der Waals surface area contributed by atoms with Gasteiger partial charge >= 0.3 is 0 Å². The third-order valence-electron chi connectivity index (χ3n) is 7.01. The Hall–Kier alpha value is -1.02. The molecule has 114 valence electrons. The van der Waals surface area contributed by atoms with Crippen molar-refractivity contribution in [3.8, 4) is 5.75 Å². The summed E-state index contributed by atoms with van der Waals surface area (Å²) in [4.78, 5) is 0. The minimum Gasteiger partial charge on any atom is -0.508 e. The van der Waals surface area contributed by atoms with E-state index in [1.165, 1.54) is 24.0 Å². The number of hydrogen-bond acceptors (Lipinski definition) is 2. The zero-order chi connectivity index (χ0) is 14.8. The van der Waals surface area contributed by atoms with Crippen molar-refractivity contribution < 1.29 is 10.2 Å². The molecule has 2 nitrogen and oxygen atoms in total. The van der Waals surface area contributed by atoms with Crippen molar-refractivity contribution in [2.45, 2.75) is 58.0 Å². The molecule has 0 aliphatic heterocycles. The molecule has 0 spiro atoms. The molecule has 2 saturated carbocycles. The van der Waals surface area contributed by atoms with E-state index in [1.807, 2.05) is 12.1 Å². The number of aromatic hydroxyl groups is 1. The summed E-state index contributed by atoms with van der Waals surface area (Å²) in [5.74, 6) is 3.06. The minimum absolute atomic E-state index is 0.100. The van der Waals surface area contributed by atoms with Gasteiger partial charge in [-0.15, -0.1) is 0 Å². The van der Waals surface area contributed by atoms with Crippen molar-refractivity contribution in [3.05, 3.63) is 29.3 Å². The van der Waals surface area contributed by atoms with E-state index in [0.717, 1.165) is 19.3 Å². The highest BCUT2D eigenvalue weighted by Crippen LogP contribution is 2.62. The van der Waals surface area contributed by atoms with Crippen LogP contribution >= 0.6 is 0 Å². The summed E-state index contributed by atoms with van der Waals surface area (Å²) in [5, 5.41) is 20.2. The quantitative estimate of drug-likeness (QED) is 0.760. The Bertz CT molecular complexity index is 567. The summed E-state index contributed by atoms with van der Waals surface area (Å²) < 4.78 is 0. The van der Waals surface area contributed by atoms with Gasteiger partial charge < -0.3 is 10.2 Å². The van der Waals surface area contributed by atoms with E-state index in [4.69, 9.17) is 0 Å². The second-order valence-electron chi connectivity index (χ2n) is 7.99. The van der Waals surface area contributed by atoms with Crippen molar-refractivity contribution in [2.24, 2.45) is 23.2 Å². The second-order valence-corrected chi connectivity index (χ2v) is 7.99. The Balaban J connectivity index is 1.76. The summed E-state index contributed by atoms with van der Waals surface area (Å²) in [6.45, 7) is 4.70. The molecule has 2 N–H and O–H groups in total. The third-order valence-corrected chi connectivity index (χ3v) is 7.01. The molecule has 1 aromatic carbocycles. The Labute approximate surface area is 127 Å². The number of phenolic OH excluding ortho intramolecular Hbond substituents is 1. The number of benzene rings is 1. The first-order chi connectivity index (χ1) is 10.0. The van der Waals surface area contributed by atoms with Crippen LogP contribution in [0.1, 0.15) is 56.6 Å². The van der Waals surface area contributed by atoms with Crippen LogP contribution in [0.4, 0.5) is 0 Å². The Kier molecular flexibility index (Phi) is 2.91. The molecular weight excluding hydrogens is 260 g/mol. The van der Waals surface area contributed by atoms with Crippen LogP contribution < -0.4 is 0 Å². The lowest BCUT2D eigenvalue weighted by molar-refractivity contribution is -0.0356. The molecule has 21 heavy (non-hydrogen) atoms. The number of rotatable bonds is 0. The van der Waals surface area contributed by atoms with Crippen LogP contribution in [0.5, 0.6) is 5.75 Å². The van der Waals surface area contributed by atoms with Crippen molar-refractivity contribution in [1.29, 1.82) is 0 Å². The van der Waals surface area contributed by atoms with Crippen LogP contribution in [0, 0.1) is 23.2 Å². The maximum atomic E-state index is 10.5. The molecule has 0 saturated heterocycles. The molecule has 2 fully saturated rings. The van der Waals surface area contributed by atoms with E-state index in [9.17, 15) is 10.2 Å². The number of hydrogen-bond donors (Lipinski definition) is 2. The minimum atomic E-state index is -0.100. The molecule has 1 aromatic rings. The summed E-state index contributed by atoms with van der Waals surface area (Å²) >= 11 is 0. The van der Waals surface area contributed by atoms with E-state index in [2.05, 4.69) is 19.9 Å². The smallest absolute Gasteiger partial charge is 0.115 e. The van der Waals surface area contributed by atoms with Gasteiger partial charge in [-0.3, -0.25) is 0 Å². The summed E-state index contributed by atoms with van der Waals surface area (Å²) in [7, 11) is 0. The molecule has 0 aromatic heterocycles. The highest BCUT2D eigenvalue weighted by molar-refractivity contribution is 5.40. The second kappa shape index (κ2) is 4.49. The first-order valence-electron chi connectivity index (χ1n) is 8.50. The number of fused-ring (bicyclic) bond motifs is 5. The molecule has 5 unspecified atom stereocenters. The van der Waals surface area contributed by atoms with Gasteiger partial charge in [0.05, 0.1) is 6.10 Å². The topological polar surface area (TPSA) is 40.5 Å². The number of phenols is 1. The van der Waals surface area contributed by atoms with E-state index in [-0.39, 0.29) is 11.5 Å². The largest absolute Gasteiger partial charge is 0.508 e. The average Bonchev–Trinajstić information content (AvgIpc) is 2.74. The van der Waals surface area contributed by atoms with Crippen LogP contribution in [0.25, 0.3) is 0 Å². The van der Waals surface area contributed by atoms with Gasteiger partial charge in [0, 0.05) is 0 Å². The van der Waals surface area contributed by atoms with E-state index < -0.39 is 0 Å². The van der Waals surface area contributed by atoms with Crippen LogP contribution in [0.3, 0.4) is 0 Å². The zero-order valence-electron chi connectivity index (χ0n) is 13.0. The van der Waals surface area contributed by atoms with Gasteiger partial charge in [-0.2, -0.15) is 0 Å². The van der Waals surface area contributed by atoms with Gasteiger partial charge in [0.25, 0.3) is 0 Å². The summed E-state index contributed by atoms with van der Waals surface area (Å²) in [6.07, 6.45) is 5.49. The highest BCUT2D eigenvalue weighted by Gasteiger charge is 2.55. The standard InChI is InChI=1S/C19H26O2/c1-11-9-12-10-13(20)3-4-14(12)15-7-8-19(2)16(18(11)15)5-6-17(19)21/h3-4,10-11,15-18,20-21H,5-9H2,1-2H3/t11-,15?,16?,17?,18?,19?/m1/s1. The van der Waals surface area contributed by atoms with Crippen LogP contribution in [0.2, 0.25) is 0 Å². The molecule has 0 radical (unpaired) electrons. The molecule has 6 atom stereocenters. The monoisotopic (exact) mass is 286 g/mol. The van der Waals surface area contributed by atoms with E-state index >= 15 is 0 Å². The summed E-state index contributed by atoms with van der Waals surface area (Å²) in [6, 6.07) is 5.98. The van der Waals surface area contributed by atoms with Gasteiger partial charge in [0.1, 0.15) is 5.75 Å². The maximum Gasteiger partial charge on any atom is 0.115 e. The molecule has 0 heterocycles. The fourth-order valence-corrected chi connectivity index (χ4v) is 5.94. The first-order valence-corrected chi connectivity index (χ1v) is 8.50. The molecule has 0 amide bonds. The van der Waals surface area contributed by atoms with Crippen molar-refractivity contribution in [1.82, 2.24) is 0 Å². The molecule has 0 bridgehead atoms. The van der Waals surface area contributed by atoms with Crippen LogP contribution in [0.15, 0.2) is 18.2 Å². The predicted octanol–water partition coefficient (Wildman–Crippen LogP) is 3.86. The number of aliphatic hydroxyl groups excluding tert-OH is 1. The Morgan fingerprint density at radius 1 is 1.19 bits per heavy atom. The fourth-order valence-electron chi connectivity index (χ4n) is 5.94. The lowest BCUT2D eigenvalue weighted by Gasteiger charge is -2.52.